The van der Waals surface area contributed by atoms with Crippen molar-refractivity contribution < 1.29 is 28.4 Å². The molecule has 3 N–H and O–H groups in total. The fourth-order valence-electron chi connectivity index (χ4n) is 4.97. The summed E-state index contributed by atoms with van der Waals surface area (Å²) in [7, 11) is 0. The minimum absolute atomic E-state index is 0.0772. The van der Waals surface area contributed by atoms with Crippen molar-refractivity contribution in [1.29, 1.82) is 0 Å². The first-order chi connectivity index (χ1) is 17.0. The number of carbonyl (C=O) groups excluding carboxylic acids is 5. The number of carbonyl (C=O) groups is 5. The number of piperidine rings is 1. The highest BCUT2D eigenvalue weighted by Crippen LogP contribution is 2.32. The molecule has 1 aromatic carbocycles. The first-order valence-electron chi connectivity index (χ1n) is 11.9. The molecule has 0 radical (unpaired) electrons. The normalized spacial score (nSPS) is 19.0. The van der Waals surface area contributed by atoms with E-state index >= 15 is 0 Å². The number of hydrogen-bond acceptors (Lipinski definition) is 7. The van der Waals surface area contributed by atoms with E-state index in [1.807, 2.05) is 0 Å². The number of rotatable bonds is 8. The van der Waals surface area contributed by atoms with Crippen molar-refractivity contribution in [3.8, 4) is 0 Å². The highest BCUT2D eigenvalue weighted by atomic mass is 16.3. The number of hydrogen-bond donors (Lipinski definition) is 3. The van der Waals surface area contributed by atoms with E-state index in [-0.39, 0.29) is 29.9 Å². The number of amides is 5. The van der Waals surface area contributed by atoms with Gasteiger partial charge in [-0.15, -0.1) is 0 Å². The van der Waals surface area contributed by atoms with Gasteiger partial charge < -0.3 is 15.1 Å². The summed E-state index contributed by atoms with van der Waals surface area (Å²) < 4.78 is 5.43. The molecule has 1 unspecified atom stereocenters. The lowest BCUT2D eigenvalue weighted by Gasteiger charge is -2.27. The second kappa shape index (κ2) is 9.36. The number of anilines is 1. The molecule has 3 heterocycles. The minimum Gasteiger partial charge on any atom is -0.459 e. The molecule has 1 atom stereocenters. The van der Waals surface area contributed by atoms with Crippen LogP contribution in [0.2, 0.25) is 0 Å². The van der Waals surface area contributed by atoms with Gasteiger partial charge in [0.25, 0.3) is 17.7 Å². The molecule has 10 nitrogen and oxygen atoms in total. The second-order valence-electron chi connectivity index (χ2n) is 8.99. The zero-order valence-electron chi connectivity index (χ0n) is 19.1. The third-order valence-electron chi connectivity index (χ3n) is 6.73. The molecule has 2 aromatic rings. The van der Waals surface area contributed by atoms with E-state index in [4.69, 9.17) is 4.42 Å². The van der Waals surface area contributed by atoms with Gasteiger partial charge in [0.2, 0.25) is 11.8 Å². The molecule has 10 heteroatoms. The van der Waals surface area contributed by atoms with E-state index in [0.29, 0.717) is 31.0 Å². The molecule has 3 aliphatic rings. The maximum absolute atomic E-state index is 13.1. The zero-order chi connectivity index (χ0) is 24.5. The first kappa shape index (κ1) is 22.8. The molecule has 0 saturated carbocycles. The molecule has 1 saturated heterocycles. The summed E-state index contributed by atoms with van der Waals surface area (Å²) in [6, 6.07) is 3.97. The number of unbranched alkanes of at least 4 members (excludes halogenated alkanes) is 1. The predicted molar refractivity (Wildman–Crippen MR) is 124 cm³/mol. The standard InChI is InChI=1S/C25H26N4O6/c30-19-10-9-18(22(31)28-19)29-24(33)16-7-4-8-17(20(16)25(29)34)26-11-1-2-12-27-23(32)21-15-6-3-5-14(15)13-35-21/h4,7-8,13,18,26H,1-3,5-6,9-12H2,(H,27,32)(H,28,30,31). The summed E-state index contributed by atoms with van der Waals surface area (Å²) in [5.74, 6) is -1.89. The molecule has 5 rings (SSSR count). The molecular formula is C25H26N4O6. The van der Waals surface area contributed by atoms with E-state index < -0.39 is 29.7 Å². The highest BCUT2D eigenvalue weighted by Gasteiger charge is 2.45. The average molecular weight is 479 g/mol. The second-order valence-corrected chi connectivity index (χ2v) is 8.99. The molecule has 0 bridgehead atoms. The van der Waals surface area contributed by atoms with Gasteiger partial charge >= 0.3 is 0 Å². The van der Waals surface area contributed by atoms with Crippen molar-refractivity contribution in [1.82, 2.24) is 15.5 Å². The number of imide groups is 2. The van der Waals surface area contributed by atoms with Crippen molar-refractivity contribution in [3.05, 3.63) is 52.5 Å². The Bertz CT molecular complexity index is 1230. The summed E-state index contributed by atoms with van der Waals surface area (Å²) >= 11 is 0. The Morgan fingerprint density at radius 2 is 1.89 bits per heavy atom. The molecule has 1 fully saturated rings. The summed E-state index contributed by atoms with van der Waals surface area (Å²) in [6.45, 7) is 1.02. The van der Waals surface area contributed by atoms with Crippen LogP contribution in [-0.2, 0) is 22.4 Å². The van der Waals surface area contributed by atoms with Gasteiger partial charge in [-0.1, -0.05) is 6.07 Å². The maximum Gasteiger partial charge on any atom is 0.287 e. The van der Waals surface area contributed by atoms with E-state index in [1.54, 1.807) is 24.5 Å². The lowest BCUT2D eigenvalue weighted by Crippen LogP contribution is -2.54. The SMILES string of the molecule is O=C1CCC(N2C(=O)c3cccc(NCCCCNC(=O)c4occ5c4CCC5)c3C2=O)C(=O)N1. The third-order valence-corrected chi connectivity index (χ3v) is 6.73. The number of benzene rings is 1. The quantitative estimate of drug-likeness (QED) is 0.388. The van der Waals surface area contributed by atoms with Crippen LogP contribution < -0.4 is 16.0 Å². The van der Waals surface area contributed by atoms with Crippen LogP contribution in [0, 0.1) is 0 Å². The summed E-state index contributed by atoms with van der Waals surface area (Å²) in [5, 5.41) is 8.29. The van der Waals surface area contributed by atoms with Gasteiger partial charge in [-0.25, -0.2) is 0 Å². The Labute approximate surface area is 201 Å². The Morgan fingerprint density at radius 1 is 1.06 bits per heavy atom. The van der Waals surface area contributed by atoms with Gasteiger partial charge in [-0.3, -0.25) is 34.2 Å². The summed E-state index contributed by atoms with van der Waals surface area (Å²) in [6.07, 6.45) is 6.19. The van der Waals surface area contributed by atoms with Crippen LogP contribution in [0.5, 0.6) is 0 Å². The number of aryl methyl sites for hydroxylation is 1. The van der Waals surface area contributed by atoms with Crippen LogP contribution in [0.25, 0.3) is 0 Å². The van der Waals surface area contributed by atoms with Crippen molar-refractivity contribution in [2.24, 2.45) is 0 Å². The fraction of sp³-hybridized carbons (Fsp3) is 0.400. The molecular weight excluding hydrogens is 452 g/mol. The third kappa shape index (κ3) is 4.20. The van der Waals surface area contributed by atoms with Gasteiger partial charge in [0.15, 0.2) is 5.76 Å². The summed E-state index contributed by atoms with van der Waals surface area (Å²) in [4.78, 5) is 63.0. The number of furan rings is 1. The van der Waals surface area contributed by atoms with Gasteiger partial charge in [-0.05, 0) is 56.2 Å². The van der Waals surface area contributed by atoms with E-state index in [2.05, 4.69) is 16.0 Å². The van der Waals surface area contributed by atoms with E-state index in [1.165, 1.54) is 0 Å². The highest BCUT2D eigenvalue weighted by molar-refractivity contribution is 6.25. The predicted octanol–water partition coefficient (Wildman–Crippen LogP) is 1.79. The van der Waals surface area contributed by atoms with Crippen molar-refractivity contribution in [3.63, 3.8) is 0 Å². The minimum atomic E-state index is -0.994. The van der Waals surface area contributed by atoms with Crippen LogP contribution in [0.3, 0.4) is 0 Å². The Kier molecular flexibility index (Phi) is 6.10. The molecule has 1 aliphatic carbocycles. The molecule has 1 aromatic heterocycles. The molecule has 182 valence electrons. The average Bonchev–Trinajstić information content (AvgIpc) is 3.52. The Morgan fingerprint density at radius 3 is 2.71 bits per heavy atom. The number of fused-ring (bicyclic) bond motifs is 2. The van der Waals surface area contributed by atoms with E-state index in [0.717, 1.165) is 41.7 Å². The van der Waals surface area contributed by atoms with E-state index in [9.17, 15) is 24.0 Å². The largest absolute Gasteiger partial charge is 0.459 e. The molecule has 0 spiro atoms. The number of nitrogens with zero attached hydrogens (tertiary/aromatic N) is 1. The van der Waals surface area contributed by atoms with Gasteiger partial charge in [0.1, 0.15) is 6.04 Å². The van der Waals surface area contributed by atoms with Crippen LogP contribution in [0.4, 0.5) is 5.69 Å². The topological polar surface area (TPSA) is 138 Å². The van der Waals surface area contributed by atoms with Crippen LogP contribution in [0.15, 0.2) is 28.9 Å². The van der Waals surface area contributed by atoms with Crippen LogP contribution in [-0.4, -0.2) is 53.6 Å². The van der Waals surface area contributed by atoms with Crippen molar-refractivity contribution in [2.75, 3.05) is 18.4 Å². The van der Waals surface area contributed by atoms with Crippen molar-refractivity contribution in [2.45, 2.75) is 51.0 Å². The molecule has 35 heavy (non-hydrogen) atoms. The fourth-order valence-corrected chi connectivity index (χ4v) is 4.97. The maximum atomic E-state index is 13.1. The lowest BCUT2D eigenvalue weighted by atomic mass is 10.0. The van der Waals surface area contributed by atoms with Crippen molar-refractivity contribution >= 4 is 35.2 Å². The Balaban J connectivity index is 1.14. The van der Waals surface area contributed by atoms with Gasteiger partial charge in [0.05, 0.1) is 17.4 Å². The van der Waals surface area contributed by atoms with Gasteiger partial charge in [-0.2, -0.15) is 0 Å². The first-order valence-corrected chi connectivity index (χ1v) is 11.9. The number of nitrogens with one attached hydrogen (secondary N) is 3. The summed E-state index contributed by atoms with van der Waals surface area (Å²) in [5.41, 5.74) is 3.14. The smallest absolute Gasteiger partial charge is 0.287 e. The molecule has 5 amide bonds. The lowest BCUT2D eigenvalue weighted by molar-refractivity contribution is -0.136. The molecule has 2 aliphatic heterocycles. The van der Waals surface area contributed by atoms with Crippen LogP contribution in [0.1, 0.15) is 74.5 Å². The Hall–Kier alpha value is -3.95. The zero-order valence-corrected chi connectivity index (χ0v) is 19.1. The van der Waals surface area contributed by atoms with Crippen LogP contribution >= 0.6 is 0 Å². The monoisotopic (exact) mass is 478 g/mol. The van der Waals surface area contributed by atoms with Gasteiger partial charge in [0, 0.05) is 30.8 Å².